The van der Waals surface area contributed by atoms with E-state index < -0.39 is 0 Å². The molecule has 1 aliphatic rings. The normalized spacial score (nSPS) is 17.2. The van der Waals surface area contributed by atoms with Crippen molar-refractivity contribution in [2.24, 2.45) is 0 Å². The number of aromatic nitrogens is 2. The van der Waals surface area contributed by atoms with Gasteiger partial charge in [-0.05, 0) is 37.6 Å². The van der Waals surface area contributed by atoms with E-state index in [1.54, 1.807) is 0 Å². The topological polar surface area (TPSA) is 25.8 Å². The van der Waals surface area contributed by atoms with E-state index in [9.17, 15) is 0 Å². The average molecular weight is 314 g/mol. The molecule has 21 heavy (non-hydrogen) atoms. The molecule has 0 fully saturated rings. The Morgan fingerprint density at radius 1 is 0.905 bits per heavy atom. The van der Waals surface area contributed by atoms with Crippen molar-refractivity contribution < 1.29 is 0 Å². The first-order chi connectivity index (χ1) is 10.2. The summed E-state index contributed by atoms with van der Waals surface area (Å²) in [6.45, 7) is 4.57. The molecule has 108 valence electrons. The van der Waals surface area contributed by atoms with Crippen molar-refractivity contribution in [3.63, 3.8) is 0 Å². The summed E-state index contributed by atoms with van der Waals surface area (Å²) >= 11 is 3.87. The standard InChI is InChI=1S/C17H18N2S2/c1-3-10-17(2)20-15(13-8-4-6-11-18-13)16(21-17)14-9-5-7-12-19-14/h4-9,11-12H,3,10H2,1-2H3. The first-order valence-corrected chi connectivity index (χ1v) is 8.80. The quantitative estimate of drug-likeness (QED) is 0.765. The first kappa shape index (κ1) is 14.7. The average Bonchev–Trinajstić information content (AvgIpc) is 2.87. The highest BCUT2D eigenvalue weighted by molar-refractivity contribution is 8.30. The second kappa shape index (κ2) is 6.24. The molecule has 0 atom stereocenters. The van der Waals surface area contributed by atoms with Crippen molar-refractivity contribution in [1.82, 2.24) is 9.97 Å². The van der Waals surface area contributed by atoms with E-state index in [0.29, 0.717) is 0 Å². The van der Waals surface area contributed by atoms with Gasteiger partial charge in [0.15, 0.2) is 0 Å². The summed E-state index contributed by atoms with van der Waals surface area (Å²) in [4.78, 5) is 11.6. The van der Waals surface area contributed by atoms with Gasteiger partial charge in [-0.2, -0.15) is 0 Å². The Hall–Kier alpha value is -1.26. The molecule has 0 saturated carbocycles. The maximum absolute atomic E-state index is 4.54. The number of nitrogens with zero attached hydrogens (tertiary/aromatic N) is 2. The van der Waals surface area contributed by atoms with E-state index in [2.05, 4.69) is 35.9 Å². The van der Waals surface area contributed by atoms with E-state index in [4.69, 9.17) is 0 Å². The maximum Gasteiger partial charge on any atom is 0.0778 e. The molecule has 0 amide bonds. The van der Waals surface area contributed by atoms with Crippen molar-refractivity contribution in [1.29, 1.82) is 0 Å². The summed E-state index contributed by atoms with van der Waals surface area (Å²) in [7, 11) is 0. The minimum atomic E-state index is 0.175. The molecule has 0 bridgehead atoms. The molecule has 0 unspecified atom stereocenters. The van der Waals surface area contributed by atoms with Crippen LogP contribution in [0.25, 0.3) is 9.81 Å². The van der Waals surface area contributed by atoms with Crippen LogP contribution < -0.4 is 0 Å². The Kier molecular flexibility index (Phi) is 4.36. The van der Waals surface area contributed by atoms with Crippen molar-refractivity contribution in [2.45, 2.75) is 30.8 Å². The van der Waals surface area contributed by atoms with E-state index in [1.165, 1.54) is 22.7 Å². The molecule has 3 rings (SSSR count). The van der Waals surface area contributed by atoms with Crippen LogP contribution >= 0.6 is 23.5 Å². The minimum absolute atomic E-state index is 0.175. The summed E-state index contributed by atoms with van der Waals surface area (Å²) in [5.74, 6) is 0. The van der Waals surface area contributed by atoms with Crippen molar-refractivity contribution in [2.75, 3.05) is 0 Å². The third kappa shape index (κ3) is 3.16. The second-order valence-electron chi connectivity index (χ2n) is 5.18. The predicted molar refractivity (Wildman–Crippen MR) is 93.8 cm³/mol. The van der Waals surface area contributed by atoms with Gasteiger partial charge in [-0.25, -0.2) is 0 Å². The number of pyridine rings is 2. The molecule has 4 heteroatoms. The van der Waals surface area contributed by atoms with Gasteiger partial charge in [0.2, 0.25) is 0 Å². The van der Waals surface area contributed by atoms with Gasteiger partial charge in [-0.1, -0.05) is 25.5 Å². The van der Waals surface area contributed by atoms with Gasteiger partial charge in [0.25, 0.3) is 0 Å². The fourth-order valence-corrected chi connectivity index (χ4v) is 5.67. The Morgan fingerprint density at radius 2 is 1.43 bits per heavy atom. The lowest BCUT2D eigenvalue weighted by molar-refractivity contribution is 0.752. The van der Waals surface area contributed by atoms with Crippen molar-refractivity contribution in [3.05, 3.63) is 60.2 Å². The van der Waals surface area contributed by atoms with Gasteiger partial charge in [0.05, 0.1) is 25.3 Å². The zero-order chi connectivity index (χ0) is 14.7. The molecule has 2 nitrogen and oxygen atoms in total. The van der Waals surface area contributed by atoms with Crippen LogP contribution in [0.4, 0.5) is 0 Å². The molecule has 0 N–H and O–H groups in total. The molecule has 2 aromatic rings. The van der Waals surface area contributed by atoms with Gasteiger partial charge in [0.1, 0.15) is 0 Å². The summed E-state index contributed by atoms with van der Waals surface area (Å²) in [5.41, 5.74) is 2.10. The SMILES string of the molecule is CCCC1(C)SC(c2ccccn2)=C(c2ccccn2)S1. The van der Waals surface area contributed by atoms with E-state index in [1.807, 2.05) is 60.2 Å². The van der Waals surface area contributed by atoms with Gasteiger partial charge >= 0.3 is 0 Å². The Morgan fingerprint density at radius 3 is 1.81 bits per heavy atom. The number of hydrogen-bond acceptors (Lipinski definition) is 4. The van der Waals surface area contributed by atoms with Gasteiger partial charge in [-0.15, -0.1) is 23.5 Å². The molecular weight excluding hydrogens is 296 g/mol. The highest BCUT2D eigenvalue weighted by Crippen LogP contribution is 2.61. The maximum atomic E-state index is 4.54. The largest absolute Gasteiger partial charge is 0.256 e. The molecule has 0 aliphatic carbocycles. The predicted octanol–water partition coefficient (Wildman–Crippen LogP) is 5.30. The highest BCUT2D eigenvalue weighted by atomic mass is 32.2. The first-order valence-electron chi connectivity index (χ1n) is 7.17. The molecular formula is C17H18N2S2. The zero-order valence-corrected chi connectivity index (χ0v) is 13.9. The molecule has 3 heterocycles. The summed E-state index contributed by atoms with van der Waals surface area (Å²) in [5, 5.41) is 0. The van der Waals surface area contributed by atoms with Crippen LogP contribution in [0.3, 0.4) is 0 Å². The highest BCUT2D eigenvalue weighted by Gasteiger charge is 2.37. The molecule has 0 aromatic carbocycles. The van der Waals surface area contributed by atoms with Crippen LogP contribution in [-0.2, 0) is 0 Å². The third-order valence-corrected chi connectivity index (χ3v) is 6.48. The molecule has 0 spiro atoms. The van der Waals surface area contributed by atoms with Crippen LogP contribution in [0, 0.1) is 0 Å². The molecule has 1 aliphatic heterocycles. The van der Waals surface area contributed by atoms with E-state index in [0.717, 1.165) is 11.4 Å². The smallest absolute Gasteiger partial charge is 0.0778 e. The lowest BCUT2D eigenvalue weighted by atomic mass is 10.2. The van der Waals surface area contributed by atoms with Crippen molar-refractivity contribution in [3.8, 4) is 0 Å². The van der Waals surface area contributed by atoms with Crippen LogP contribution in [0.1, 0.15) is 38.1 Å². The molecule has 2 aromatic heterocycles. The van der Waals surface area contributed by atoms with Gasteiger partial charge in [0, 0.05) is 12.4 Å². The summed E-state index contributed by atoms with van der Waals surface area (Å²) < 4.78 is 0.175. The van der Waals surface area contributed by atoms with E-state index in [-0.39, 0.29) is 4.08 Å². The molecule has 0 radical (unpaired) electrons. The Balaban J connectivity index is 2.05. The Bertz CT molecular complexity index is 587. The van der Waals surface area contributed by atoms with E-state index >= 15 is 0 Å². The van der Waals surface area contributed by atoms with Crippen LogP contribution in [0.2, 0.25) is 0 Å². The fraction of sp³-hybridized carbons (Fsp3) is 0.294. The lowest BCUT2D eigenvalue weighted by Gasteiger charge is -2.21. The summed E-state index contributed by atoms with van der Waals surface area (Å²) in [6, 6.07) is 12.2. The molecule has 0 saturated heterocycles. The number of hydrogen-bond donors (Lipinski definition) is 0. The third-order valence-electron chi connectivity index (χ3n) is 3.34. The Labute approximate surface area is 134 Å². The van der Waals surface area contributed by atoms with Crippen LogP contribution in [0.15, 0.2) is 48.8 Å². The number of rotatable bonds is 4. The van der Waals surface area contributed by atoms with Gasteiger partial charge < -0.3 is 0 Å². The van der Waals surface area contributed by atoms with Crippen LogP contribution in [-0.4, -0.2) is 14.0 Å². The fourth-order valence-electron chi connectivity index (χ4n) is 2.43. The zero-order valence-electron chi connectivity index (χ0n) is 12.2. The number of thioether (sulfide) groups is 2. The minimum Gasteiger partial charge on any atom is -0.256 e. The van der Waals surface area contributed by atoms with Crippen LogP contribution in [0.5, 0.6) is 0 Å². The van der Waals surface area contributed by atoms with Crippen molar-refractivity contribution >= 4 is 33.3 Å². The summed E-state index contributed by atoms with van der Waals surface area (Å²) in [6.07, 6.45) is 6.08. The van der Waals surface area contributed by atoms with Gasteiger partial charge in [-0.3, -0.25) is 9.97 Å². The lowest BCUT2D eigenvalue weighted by Crippen LogP contribution is -2.10. The monoisotopic (exact) mass is 314 g/mol. The second-order valence-corrected chi connectivity index (χ2v) is 8.46.